The van der Waals surface area contributed by atoms with Crippen molar-refractivity contribution in [3.8, 4) is 0 Å². The Kier molecular flexibility index (Phi) is 3.38. The van der Waals surface area contributed by atoms with Crippen molar-refractivity contribution < 1.29 is 0 Å². The molecule has 0 unspecified atom stereocenters. The highest BCUT2D eigenvalue weighted by Crippen LogP contribution is 2.28. The normalized spacial score (nSPS) is 32.7. The van der Waals surface area contributed by atoms with E-state index in [9.17, 15) is 0 Å². The minimum absolute atomic E-state index is 0.262. The van der Waals surface area contributed by atoms with Crippen molar-refractivity contribution in [3.63, 3.8) is 0 Å². The van der Waals surface area contributed by atoms with Gasteiger partial charge in [0.15, 0.2) is 0 Å². The summed E-state index contributed by atoms with van der Waals surface area (Å²) in [5, 5.41) is 0. The van der Waals surface area contributed by atoms with Crippen LogP contribution in [-0.2, 0) is 0 Å². The fraction of sp³-hybridized carbons (Fsp3) is 1.00. The average Bonchev–Trinajstić information content (AvgIpc) is 1.93. The van der Waals surface area contributed by atoms with Gasteiger partial charge in [0.1, 0.15) is 0 Å². The molecule has 1 fully saturated rings. The lowest BCUT2D eigenvalue weighted by Gasteiger charge is -2.26. The molecule has 0 atom stereocenters. The van der Waals surface area contributed by atoms with Gasteiger partial charge in [-0.1, -0.05) is 13.8 Å². The van der Waals surface area contributed by atoms with Gasteiger partial charge in [-0.3, -0.25) is 5.73 Å². The van der Waals surface area contributed by atoms with Crippen LogP contribution in [0.15, 0.2) is 0 Å². The van der Waals surface area contributed by atoms with E-state index in [4.69, 9.17) is 5.73 Å². The van der Waals surface area contributed by atoms with Crippen LogP contribution in [0.4, 0.5) is 0 Å². The van der Waals surface area contributed by atoms with Gasteiger partial charge in [0.25, 0.3) is 0 Å². The quantitative estimate of drug-likeness (QED) is 0.584. The second-order valence-corrected chi connectivity index (χ2v) is 4.35. The molecule has 1 radical (unpaired) electrons. The molecule has 1 aliphatic rings. The Morgan fingerprint density at radius 1 is 1.18 bits per heavy atom. The lowest BCUT2D eigenvalue weighted by atomic mass is 9.82. The molecule has 0 aliphatic heterocycles. The third-order valence-corrected chi connectivity index (χ3v) is 2.65. The van der Waals surface area contributed by atoms with Crippen LogP contribution in [-0.4, -0.2) is 6.04 Å². The molecule has 1 rings (SSSR count). The van der Waals surface area contributed by atoms with Gasteiger partial charge in [0, 0.05) is 6.04 Å². The molecular weight excluding hydrogens is 134 g/mol. The lowest BCUT2D eigenvalue weighted by molar-refractivity contribution is 0.280. The van der Waals surface area contributed by atoms with Crippen molar-refractivity contribution in [2.75, 3.05) is 0 Å². The molecule has 65 valence electrons. The summed E-state index contributed by atoms with van der Waals surface area (Å²) in [6, 6.07) is 0.262. The maximum atomic E-state index is 7.54. The zero-order chi connectivity index (χ0) is 8.27. The largest absolute Gasteiger partial charge is 0.255 e. The summed E-state index contributed by atoms with van der Waals surface area (Å²) in [6.45, 7) is 4.60. The Morgan fingerprint density at radius 2 is 1.73 bits per heavy atom. The van der Waals surface area contributed by atoms with Crippen molar-refractivity contribution in [2.45, 2.75) is 52.0 Å². The van der Waals surface area contributed by atoms with Crippen LogP contribution in [0.25, 0.3) is 0 Å². The molecule has 1 nitrogen and oxygen atoms in total. The standard InChI is InChI=1S/C10H20N/c1-8(2)7-9-3-5-10(11)6-4-9/h8-11H,3-7H2,1-2H3. The van der Waals surface area contributed by atoms with Crippen molar-refractivity contribution >= 4 is 0 Å². The van der Waals surface area contributed by atoms with E-state index in [1.54, 1.807) is 0 Å². The smallest absolute Gasteiger partial charge is 0.0213 e. The van der Waals surface area contributed by atoms with Crippen LogP contribution in [0.2, 0.25) is 0 Å². The highest BCUT2D eigenvalue weighted by molar-refractivity contribution is 4.74. The van der Waals surface area contributed by atoms with Gasteiger partial charge in [0.05, 0.1) is 0 Å². The summed E-state index contributed by atoms with van der Waals surface area (Å²) in [4.78, 5) is 0. The van der Waals surface area contributed by atoms with E-state index < -0.39 is 0 Å². The molecule has 0 aromatic heterocycles. The number of nitrogens with one attached hydrogen (secondary N) is 1. The minimum Gasteiger partial charge on any atom is -0.255 e. The van der Waals surface area contributed by atoms with Crippen molar-refractivity contribution in [1.82, 2.24) is 5.73 Å². The molecular formula is C10H20N. The maximum absolute atomic E-state index is 7.54. The third-order valence-electron chi connectivity index (χ3n) is 2.65. The fourth-order valence-corrected chi connectivity index (χ4v) is 2.06. The summed E-state index contributed by atoms with van der Waals surface area (Å²) in [6.07, 6.45) is 6.31. The molecule has 1 heteroatoms. The summed E-state index contributed by atoms with van der Waals surface area (Å²) >= 11 is 0. The fourth-order valence-electron chi connectivity index (χ4n) is 2.06. The van der Waals surface area contributed by atoms with Gasteiger partial charge >= 0.3 is 0 Å². The van der Waals surface area contributed by atoms with E-state index in [-0.39, 0.29) is 6.04 Å². The Bertz CT molecular complexity index is 101. The number of hydrogen-bond donors (Lipinski definition) is 0. The summed E-state index contributed by atoms with van der Waals surface area (Å²) in [5.74, 6) is 1.79. The molecule has 0 saturated heterocycles. The molecule has 0 amide bonds. The summed E-state index contributed by atoms with van der Waals surface area (Å²) < 4.78 is 0. The monoisotopic (exact) mass is 154 g/mol. The van der Waals surface area contributed by atoms with Crippen LogP contribution in [0, 0.1) is 11.8 Å². The van der Waals surface area contributed by atoms with Crippen LogP contribution in [0.5, 0.6) is 0 Å². The van der Waals surface area contributed by atoms with Gasteiger partial charge < -0.3 is 0 Å². The zero-order valence-corrected chi connectivity index (χ0v) is 7.77. The van der Waals surface area contributed by atoms with Crippen molar-refractivity contribution in [1.29, 1.82) is 0 Å². The second-order valence-electron chi connectivity index (χ2n) is 4.35. The van der Waals surface area contributed by atoms with Gasteiger partial charge in [-0.2, -0.15) is 0 Å². The Labute approximate surface area is 70.4 Å². The average molecular weight is 154 g/mol. The Balaban J connectivity index is 2.17. The number of rotatable bonds is 2. The van der Waals surface area contributed by atoms with Crippen LogP contribution >= 0.6 is 0 Å². The molecule has 1 saturated carbocycles. The molecule has 0 bridgehead atoms. The summed E-state index contributed by atoms with van der Waals surface area (Å²) in [7, 11) is 0. The second kappa shape index (κ2) is 4.10. The Morgan fingerprint density at radius 3 is 2.18 bits per heavy atom. The van der Waals surface area contributed by atoms with Gasteiger partial charge in [0.2, 0.25) is 0 Å². The van der Waals surface area contributed by atoms with E-state index >= 15 is 0 Å². The molecule has 0 aromatic carbocycles. The summed E-state index contributed by atoms with van der Waals surface area (Å²) in [5.41, 5.74) is 7.54. The molecule has 11 heavy (non-hydrogen) atoms. The third kappa shape index (κ3) is 3.24. The predicted octanol–water partition coefficient (Wildman–Crippen LogP) is 2.87. The van der Waals surface area contributed by atoms with E-state index in [0.29, 0.717) is 0 Å². The first-order valence-electron chi connectivity index (χ1n) is 4.89. The van der Waals surface area contributed by atoms with Crippen LogP contribution in [0.3, 0.4) is 0 Å². The minimum atomic E-state index is 0.262. The first-order valence-corrected chi connectivity index (χ1v) is 4.89. The van der Waals surface area contributed by atoms with E-state index in [1.165, 1.54) is 19.3 Å². The first-order chi connectivity index (χ1) is 5.18. The highest BCUT2D eigenvalue weighted by Gasteiger charge is 2.19. The SMILES string of the molecule is CC(C)CC1CCC([NH])CC1. The lowest BCUT2D eigenvalue weighted by Crippen LogP contribution is -2.20. The molecule has 1 N–H and O–H groups in total. The van der Waals surface area contributed by atoms with Crippen LogP contribution in [0.1, 0.15) is 46.0 Å². The van der Waals surface area contributed by atoms with Crippen LogP contribution < -0.4 is 5.73 Å². The molecule has 0 heterocycles. The van der Waals surface area contributed by atoms with E-state index in [1.807, 2.05) is 0 Å². The van der Waals surface area contributed by atoms with E-state index in [0.717, 1.165) is 24.7 Å². The topological polar surface area (TPSA) is 23.8 Å². The Hall–Kier alpha value is -0.0400. The maximum Gasteiger partial charge on any atom is 0.0213 e. The van der Waals surface area contributed by atoms with Crippen molar-refractivity contribution in [3.05, 3.63) is 0 Å². The van der Waals surface area contributed by atoms with E-state index in [2.05, 4.69) is 13.8 Å². The predicted molar refractivity (Wildman–Crippen MR) is 48.3 cm³/mol. The molecule has 0 aromatic rings. The van der Waals surface area contributed by atoms with Gasteiger partial charge in [-0.25, -0.2) is 0 Å². The highest BCUT2D eigenvalue weighted by atomic mass is 14.6. The molecule has 1 aliphatic carbocycles. The first kappa shape index (κ1) is 9.05. The molecule has 0 spiro atoms. The van der Waals surface area contributed by atoms with Gasteiger partial charge in [-0.05, 0) is 43.9 Å². The number of hydrogen-bond acceptors (Lipinski definition) is 0. The van der Waals surface area contributed by atoms with Crippen molar-refractivity contribution in [2.24, 2.45) is 11.8 Å². The van der Waals surface area contributed by atoms with Gasteiger partial charge in [-0.15, -0.1) is 0 Å². The zero-order valence-electron chi connectivity index (χ0n) is 7.77.